The zero-order chi connectivity index (χ0) is 17.2. The predicted octanol–water partition coefficient (Wildman–Crippen LogP) is 4.03. The van der Waals surface area contributed by atoms with Gasteiger partial charge in [0, 0.05) is 17.8 Å². The van der Waals surface area contributed by atoms with Gasteiger partial charge in [-0.3, -0.25) is 0 Å². The van der Waals surface area contributed by atoms with E-state index in [1.807, 2.05) is 49.4 Å². The van der Waals surface area contributed by atoms with Gasteiger partial charge in [-0.2, -0.15) is 0 Å². The standard InChI is InChI=1S/C19H16N4O2/c1-13-9-14(11-15(10-13)24-2)19-20-12-23(22-19)8-7-18-21-16-5-3-4-6-17(16)25-18/h3-12H,1-2H3/b8-7-. The van der Waals surface area contributed by atoms with Crippen molar-refractivity contribution in [3.05, 3.63) is 60.2 Å². The van der Waals surface area contributed by atoms with Crippen LogP contribution in [0.15, 0.2) is 53.2 Å². The van der Waals surface area contributed by atoms with E-state index in [2.05, 4.69) is 15.1 Å². The monoisotopic (exact) mass is 332 g/mol. The normalized spacial score (nSPS) is 11.4. The number of rotatable bonds is 4. The Labute approximate surface area is 144 Å². The maximum atomic E-state index is 5.65. The lowest BCUT2D eigenvalue weighted by Crippen LogP contribution is -1.90. The fourth-order valence-electron chi connectivity index (χ4n) is 2.58. The van der Waals surface area contributed by atoms with E-state index in [0.717, 1.165) is 28.0 Å². The molecule has 0 amide bonds. The largest absolute Gasteiger partial charge is 0.497 e. The first-order chi connectivity index (χ1) is 12.2. The molecule has 0 saturated carbocycles. The number of para-hydroxylation sites is 2. The van der Waals surface area contributed by atoms with E-state index in [1.165, 1.54) is 0 Å². The Kier molecular flexibility index (Phi) is 3.78. The molecule has 0 bridgehead atoms. The third kappa shape index (κ3) is 3.14. The van der Waals surface area contributed by atoms with Crippen LogP contribution >= 0.6 is 0 Å². The second kappa shape index (κ2) is 6.24. The number of aromatic nitrogens is 4. The molecule has 25 heavy (non-hydrogen) atoms. The van der Waals surface area contributed by atoms with E-state index in [-0.39, 0.29) is 0 Å². The number of aryl methyl sites for hydroxylation is 1. The number of ether oxygens (including phenoxy) is 1. The van der Waals surface area contributed by atoms with Crippen LogP contribution < -0.4 is 4.74 Å². The Bertz CT molecular complexity index is 1030. The first kappa shape index (κ1) is 15.1. The first-order valence-corrected chi connectivity index (χ1v) is 7.82. The smallest absolute Gasteiger partial charge is 0.221 e. The predicted molar refractivity (Wildman–Crippen MR) is 96.0 cm³/mol. The minimum atomic E-state index is 0.524. The minimum absolute atomic E-state index is 0.524. The zero-order valence-electron chi connectivity index (χ0n) is 13.9. The van der Waals surface area contributed by atoms with Crippen molar-refractivity contribution in [3.63, 3.8) is 0 Å². The Morgan fingerprint density at radius 3 is 2.88 bits per heavy atom. The van der Waals surface area contributed by atoms with Crippen molar-refractivity contribution in [3.8, 4) is 17.1 Å². The van der Waals surface area contributed by atoms with Crippen LogP contribution in [0.25, 0.3) is 34.8 Å². The van der Waals surface area contributed by atoms with Crippen LogP contribution in [-0.4, -0.2) is 26.9 Å². The number of benzene rings is 2. The van der Waals surface area contributed by atoms with Gasteiger partial charge in [0.1, 0.15) is 17.6 Å². The number of fused-ring (bicyclic) bond motifs is 1. The molecular weight excluding hydrogens is 316 g/mol. The molecule has 124 valence electrons. The fourth-order valence-corrected chi connectivity index (χ4v) is 2.58. The van der Waals surface area contributed by atoms with Crippen LogP contribution in [0.3, 0.4) is 0 Å². The molecule has 0 aliphatic rings. The summed E-state index contributed by atoms with van der Waals surface area (Å²) in [5.41, 5.74) is 3.58. The van der Waals surface area contributed by atoms with Crippen molar-refractivity contribution in [2.75, 3.05) is 7.11 Å². The number of hydrogen-bond donors (Lipinski definition) is 0. The molecule has 2 aromatic heterocycles. The van der Waals surface area contributed by atoms with Gasteiger partial charge >= 0.3 is 0 Å². The highest BCUT2D eigenvalue weighted by Gasteiger charge is 2.07. The van der Waals surface area contributed by atoms with Crippen LogP contribution in [0.4, 0.5) is 0 Å². The Morgan fingerprint density at radius 2 is 2.04 bits per heavy atom. The molecule has 0 aliphatic heterocycles. The second-order valence-electron chi connectivity index (χ2n) is 5.62. The maximum Gasteiger partial charge on any atom is 0.221 e. The molecule has 0 radical (unpaired) electrons. The summed E-state index contributed by atoms with van der Waals surface area (Å²) in [6, 6.07) is 13.5. The lowest BCUT2D eigenvalue weighted by atomic mass is 10.1. The van der Waals surface area contributed by atoms with E-state index in [4.69, 9.17) is 9.15 Å². The average molecular weight is 332 g/mol. The van der Waals surface area contributed by atoms with Crippen LogP contribution in [0.5, 0.6) is 5.75 Å². The molecule has 6 heteroatoms. The minimum Gasteiger partial charge on any atom is -0.497 e. The summed E-state index contributed by atoms with van der Waals surface area (Å²) >= 11 is 0. The molecule has 0 saturated heterocycles. The van der Waals surface area contributed by atoms with E-state index in [1.54, 1.807) is 30.4 Å². The van der Waals surface area contributed by atoms with Crippen molar-refractivity contribution in [2.45, 2.75) is 6.92 Å². The molecule has 0 N–H and O–H groups in total. The number of oxazole rings is 1. The van der Waals surface area contributed by atoms with Gasteiger partial charge in [-0.15, -0.1) is 5.10 Å². The lowest BCUT2D eigenvalue weighted by molar-refractivity contribution is 0.414. The van der Waals surface area contributed by atoms with Gasteiger partial charge < -0.3 is 9.15 Å². The number of nitrogens with zero attached hydrogens (tertiary/aromatic N) is 4. The summed E-state index contributed by atoms with van der Waals surface area (Å²) in [5.74, 6) is 1.94. The third-order valence-electron chi connectivity index (χ3n) is 3.73. The van der Waals surface area contributed by atoms with Gasteiger partial charge in [-0.05, 0) is 42.8 Å². The van der Waals surface area contributed by atoms with Gasteiger partial charge in [0.05, 0.1) is 7.11 Å². The van der Waals surface area contributed by atoms with Crippen LogP contribution in [0.1, 0.15) is 11.5 Å². The second-order valence-corrected chi connectivity index (χ2v) is 5.62. The van der Waals surface area contributed by atoms with Crippen molar-refractivity contribution < 1.29 is 9.15 Å². The Morgan fingerprint density at radius 1 is 1.16 bits per heavy atom. The number of hydrogen-bond acceptors (Lipinski definition) is 5. The van der Waals surface area contributed by atoms with Crippen molar-refractivity contribution in [2.24, 2.45) is 0 Å². The van der Waals surface area contributed by atoms with Crippen LogP contribution in [0, 0.1) is 6.92 Å². The molecule has 2 aromatic carbocycles. The third-order valence-corrected chi connectivity index (χ3v) is 3.73. The number of methoxy groups -OCH3 is 1. The summed E-state index contributed by atoms with van der Waals surface area (Å²) < 4.78 is 12.6. The van der Waals surface area contributed by atoms with E-state index < -0.39 is 0 Å². The topological polar surface area (TPSA) is 66.0 Å². The van der Waals surface area contributed by atoms with E-state index in [0.29, 0.717) is 11.7 Å². The summed E-state index contributed by atoms with van der Waals surface area (Å²) in [5, 5.41) is 4.46. The first-order valence-electron chi connectivity index (χ1n) is 7.82. The van der Waals surface area contributed by atoms with Gasteiger partial charge in [-0.25, -0.2) is 14.6 Å². The Hall–Kier alpha value is -3.41. The van der Waals surface area contributed by atoms with Gasteiger partial charge in [0.2, 0.25) is 5.89 Å². The van der Waals surface area contributed by atoms with Gasteiger partial charge in [-0.1, -0.05) is 12.1 Å². The summed E-state index contributed by atoms with van der Waals surface area (Å²) in [6.45, 7) is 2.01. The van der Waals surface area contributed by atoms with Crippen LogP contribution in [-0.2, 0) is 0 Å². The van der Waals surface area contributed by atoms with Gasteiger partial charge in [0.15, 0.2) is 11.4 Å². The van der Waals surface area contributed by atoms with E-state index >= 15 is 0 Å². The maximum absolute atomic E-state index is 5.65. The molecule has 6 nitrogen and oxygen atoms in total. The molecule has 0 unspecified atom stereocenters. The molecule has 4 aromatic rings. The molecule has 0 spiro atoms. The Balaban J connectivity index is 1.59. The molecule has 0 fully saturated rings. The lowest BCUT2D eigenvalue weighted by Gasteiger charge is -2.03. The summed E-state index contributed by atoms with van der Waals surface area (Å²) in [7, 11) is 1.65. The highest BCUT2D eigenvalue weighted by Crippen LogP contribution is 2.23. The van der Waals surface area contributed by atoms with Crippen LogP contribution in [0.2, 0.25) is 0 Å². The molecular formula is C19H16N4O2. The highest BCUT2D eigenvalue weighted by molar-refractivity contribution is 5.74. The molecule has 0 aliphatic carbocycles. The molecule has 2 heterocycles. The summed E-state index contributed by atoms with van der Waals surface area (Å²) in [6.07, 6.45) is 5.16. The van der Waals surface area contributed by atoms with Crippen molar-refractivity contribution >= 4 is 23.4 Å². The molecule has 0 atom stereocenters. The van der Waals surface area contributed by atoms with E-state index in [9.17, 15) is 0 Å². The SMILES string of the molecule is COc1cc(C)cc(-c2ncn(/C=C\c3nc4ccccc4o3)n2)c1. The summed E-state index contributed by atoms with van der Waals surface area (Å²) in [4.78, 5) is 8.75. The molecule has 4 rings (SSSR count). The quantitative estimate of drug-likeness (QED) is 0.564. The van der Waals surface area contributed by atoms with Gasteiger partial charge in [0.25, 0.3) is 0 Å². The fraction of sp³-hybridized carbons (Fsp3) is 0.105. The zero-order valence-corrected chi connectivity index (χ0v) is 13.9. The average Bonchev–Trinajstić information content (AvgIpc) is 3.25. The highest BCUT2D eigenvalue weighted by atomic mass is 16.5. The van der Waals surface area contributed by atoms with Crippen molar-refractivity contribution in [1.29, 1.82) is 0 Å². The van der Waals surface area contributed by atoms with Crippen molar-refractivity contribution in [1.82, 2.24) is 19.7 Å².